The topological polar surface area (TPSA) is 41.9 Å². The molecular formula is C23H26F2N2O2. The first kappa shape index (κ1) is 21.0. The summed E-state index contributed by atoms with van der Waals surface area (Å²) in [6, 6.07) is 12.5. The minimum Gasteiger partial charge on any atom is -0.390 e. The van der Waals surface area contributed by atoms with Crippen molar-refractivity contribution in [2.75, 3.05) is 6.54 Å². The summed E-state index contributed by atoms with van der Waals surface area (Å²) in [7, 11) is 0. The van der Waals surface area contributed by atoms with E-state index in [-0.39, 0.29) is 29.1 Å². The van der Waals surface area contributed by atoms with E-state index in [1.54, 1.807) is 35.2 Å². The number of oxime groups is 1. The van der Waals surface area contributed by atoms with Crippen molar-refractivity contribution in [3.8, 4) is 0 Å². The van der Waals surface area contributed by atoms with Crippen molar-refractivity contribution >= 4 is 11.6 Å². The van der Waals surface area contributed by atoms with Gasteiger partial charge in [-0.05, 0) is 29.2 Å². The van der Waals surface area contributed by atoms with Gasteiger partial charge in [0.15, 0.2) is 6.10 Å². The number of nitrogens with zero attached hydrogens (tertiary/aromatic N) is 2. The third-order valence-corrected chi connectivity index (χ3v) is 4.66. The lowest BCUT2D eigenvalue weighted by Crippen LogP contribution is -2.38. The molecule has 3 rings (SSSR count). The normalized spacial score (nSPS) is 16.3. The van der Waals surface area contributed by atoms with Crippen molar-refractivity contribution in [1.82, 2.24) is 4.90 Å². The maximum atomic E-state index is 14.0. The minimum atomic E-state index is -0.353. The van der Waals surface area contributed by atoms with E-state index >= 15 is 0 Å². The number of halogens is 2. The zero-order valence-corrected chi connectivity index (χ0v) is 17.0. The van der Waals surface area contributed by atoms with Crippen LogP contribution in [0.3, 0.4) is 0 Å². The molecule has 1 amide bonds. The largest absolute Gasteiger partial charge is 0.390 e. The molecule has 0 radical (unpaired) electrons. The maximum absolute atomic E-state index is 14.0. The molecule has 1 unspecified atom stereocenters. The average molecular weight is 400 g/mol. The summed E-state index contributed by atoms with van der Waals surface area (Å²) in [5.74, 6) is -0.671. The van der Waals surface area contributed by atoms with E-state index in [4.69, 9.17) is 4.84 Å². The first-order valence-electron chi connectivity index (χ1n) is 9.71. The molecular weight excluding hydrogens is 374 g/mol. The number of hydrogen-bond acceptors (Lipinski definition) is 3. The van der Waals surface area contributed by atoms with Gasteiger partial charge in [-0.15, -0.1) is 0 Å². The van der Waals surface area contributed by atoms with Gasteiger partial charge in [0.2, 0.25) is 5.91 Å². The van der Waals surface area contributed by atoms with Crippen LogP contribution in [-0.2, 0) is 16.2 Å². The van der Waals surface area contributed by atoms with Crippen LogP contribution in [0, 0.1) is 17.0 Å². The van der Waals surface area contributed by atoms with Gasteiger partial charge in [-0.3, -0.25) is 4.79 Å². The predicted octanol–water partition coefficient (Wildman–Crippen LogP) is 4.92. The van der Waals surface area contributed by atoms with Crippen LogP contribution in [0.5, 0.6) is 0 Å². The summed E-state index contributed by atoms with van der Waals surface area (Å²) < 4.78 is 27.3. The van der Waals surface area contributed by atoms with Crippen molar-refractivity contribution in [3.63, 3.8) is 0 Å². The Kier molecular flexibility index (Phi) is 6.30. The standard InChI is InChI=1S/C23H26F2N2O2/c1-23(2,3)13-22(28)27(14-16-8-10-17(24)11-9-16)15-18-12-21(26-29-18)19-6-4-5-7-20(19)25/h4-11,18H,12-15H2,1-3H3. The molecule has 0 bridgehead atoms. The quantitative estimate of drug-likeness (QED) is 0.690. The number of carbonyl (C=O) groups excluding carboxylic acids is 1. The molecule has 1 heterocycles. The highest BCUT2D eigenvalue weighted by Gasteiger charge is 2.29. The molecule has 2 aromatic carbocycles. The fourth-order valence-electron chi connectivity index (χ4n) is 3.26. The Morgan fingerprint density at radius 2 is 1.83 bits per heavy atom. The number of amides is 1. The molecule has 4 nitrogen and oxygen atoms in total. The fourth-order valence-corrected chi connectivity index (χ4v) is 3.26. The van der Waals surface area contributed by atoms with Gasteiger partial charge in [-0.2, -0.15) is 0 Å². The Hall–Kier alpha value is -2.76. The van der Waals surface area contributed by atoms with Crippen molar-refractivity contribution < 1.29 is 18.4 Å². The SMILES string of the molecule is CC(C)(C)CC(=O)N(Cc1ccc(F)cc1)CC1CC(c2ccccc2F)=NO1. The monoisotopic (exact) mass is 400 g/mol. The number of carbonyl (C=O) groups is 1. The lowest BCUT2D eigenvalue weighted by Gasteiger charge is -2.28. The van der Waals surface area contributed by atoms with E-state index in [1.807, 2.05) is 20.8 Å². The molecule has 0 fully saturated rings. The van der Waals surface area contributed by atoms with Gasteiger partial charge in [0.1, 0.15) is 11.6 Å². The number of hydrogen-bond donors (Lipinski definition) is 0. The lowest BCUT2D eigenvalue weighted by molar-refractivity contribution is -0.135. The lowest BCUT2D eigenvalue weighted by atomic mass is 9.91. The van der Waals surface area contributed by atoms with Gasteiger partial charge >= 0.3 is 0 Å². The Morgan fingerprint density at radius 1 is 1.14 bits per heavy atom. The second-order valence-corrected chi connectivity index (χ2v) is 8.59. The van der Waals surface area contributed by atoms with Gasteiger partial charge in [-0.25, -0.2) is 8.78 Å². The van der Waals surface area contributed by atoms with Crippen molar-refractivity contribution in [2.45, 2.75) is 46.3 Å². The van der Waals surface area contributed by atoms with Crippen LogP contribution >= 0.6 is 0 Å². The second-order valence-electron chi connectivity index (χ2n) is 8.59. The second kappa shape index (κ2) is 8.72. The van der Waals surface area contributed by atoms with Gasteiger partial charge in [0, 0.05) is 24.9 Å². The zero-order chi connectivity index (χ0) is 21.0. The third-order valence-electron chi connectivity index (χ3n) is 4.66. The summed E-state index contributed by atoms with van der Waals surface area (Å²) in [5.41, 5.74) is 1.63. The average Bonchev–Trinajstić information content (AvgIpc) is 3.10. The van der Waals surface area contributed by atoms with Crippen molar-refractivity contribution in [1.29, 1.82) is 0 Å². The Bertz CT molecular complexity index is 888. The molecule has 1 aliphatic rings. The maximum Gasteiger partial charge on any atom is 0.223 e. The molecule has 0 aromatic heterocycles. The number of rotatable bonds is 6. The van der Waals surface area contributed by atoms with Gasteiger partial charge < -0.3 is 9.74 Å². The molecule has 1 atom stereocenters. The van der Waals surface area contributed by atoms with E-state index in [9.17, 15) is 13.6 Å². The zero-order valence-electron chi connectivity index (χ0n) is 17.0. The van der Waals surface area contributed by atoms with Gasteiger partial charge in [0.25, 0.3) is 0 Å². The fraction of sp³-hybridized carbons (Fsp3) is 0.391. The molecule has 1 aliphatic heterocycles. The number of benzene rings is 2. The molecule has 0 spiro atoms. The Balaban J connectivity index is 1.70. The molecule has 2 aromatic rings. The molecule has 6 heteroatoms. The van der Waals surface area contributed by atoms with Gasteiger partial charge in [0.05, 0.1) is 12.3 Å². The molecule has 29 heavy (non-hydrogen) atoms. The summed E-state index contributed by atoms with van der Waals surface area (Å²) in [5, 5.41) is 4.04. The molecule has 0 saturated heterocycles. The molecule has 154 valence electrons. The van der Waals surface area contributed by atoms with Crippen LogP contribution in [0.2, 0.25) is 0 Å². The first-order chi connectivity index (χ1) is 13.7. The highest BCUT2D eigenvalue weighted by molar-refractivity contribution is 6.01. The van der Waals surface area contributed by atoms with E-state index in [0.29, 0.717) is 37.2 Å². The molecule has 0 aliphatic carbocycles. The van der Waals surface area contributed by atoms with Crippen LogP contribution < -0.4 is 0 Å². The minimum absolute atomic E-state index is 0.00948. The van der Waals surface area contributed by atoms with Crippen LogP contribution in [0.25, 0.3) is 0 Å². The van der Waals surface area contributed by atoms with Crippen molar-refractivity contribution in [2.24, 2.45) is 10.6 Å². The Labute approximate surface area is 170 Å². The summed E-state index contributed by atoms with van der Waals surface area (Å²) >= 11 is 0. The smallest absolute Gasteiger partial charge is 0.223 e. The van der Waals surface area contributed by atoms with Crippen LogP contribution in [0.4, 0.5) is 8.78 Å². The van der Waals surface area contributed by atoms with Gasteiger partial charge in [-0.1, -0.05) is 56.3 Å². The van der Waals surface area contributed by atoms with E-state index in [1.165, 1.54) is 18.2 Å². The summed E-state index contributed by atoms with van der Waals surface area (Å²) in [4.78, 5) is 20.1. The van der Waals surface area contributed by atoms with E-state index in [2.05, 4.69) is 5.16 Å². The van der Waals surface area contributed by atoms with Crippen LogP contribution in [0.1, 0.15) is 44.7 Å². The highest BCUT2D eigenvalue weighted by Crippen LogP contribution is 2.24. The van der Waals surface area contributed by atoms with E-state index < -0.39 is 0 Å². The summed E-state index contributed by atoms with van der Waals surface area (Å²) in [6.45, 7) is 6.70. The first-order valence-corrected chi connectivity index (χ1v) is 9.71. The van der Waals surface area contributed by atoms with Crippen LogP contribution in [-0.4, -0.2) is 29.2 Å². The highest BCUT2D eigenvalue weighted by atomic mass is 19.1. The van der Waals surface area contributed by atoms with Crippen molar-refractivity contribution in [3.05, 3.63) is 71.3 Å². The third kappa shape index (κ3) is 5.86. The molecule has 0 N–H and O–H groups in total. The Morgan fingerprint density at radius 3 is 2.48 bits per heavy atom. The summed E-state index contributed by atoms with van der Waals surface area (Å²) in [6.07, 6.45) is 0.444. The molecule has 0 saturated carbocycles. The predicted molar refractivity (Wildman–Crippen MR) is 108 cm³/mol. The van der Waals surface area contributed by atoms with Crippen LogP contribution in [0.15, 0.2) is 53.7 Å². The van der Waals surface area contributed by atoms with E-state index in [0.717, 1.165) is 5.56 Å².